The Hall–Kier alpha value is -1.20. The second-order valence-corrected chi connectivity index (χ2v) is 5.41. The van der Waals surface area contributed by atoms with Crippen molar-refractivity contribution >= 4 is 5.82 Å². The Morgan fingerprint density at radius 1 is 1.47 bits per heavy atom. The number of hydrogen-bond acceptors (Lipinski definition) is 5. The van der Waals surface area contributed by atoms with Crippen LogP contribution in [0.5, 0.6) is 0 Å². The van der Waals surface area contributed by atoms with Gasteiger partial charge in [-0.05, 0) is 13.8 Å². The average molecular weight is 264 g/mol. The second-order valence-electron chi connectivity index (χ2n) is 5.41. The van der Waals surface area contributed by atoms with E-state index < -0.39 is 0 Å². The summed E-state index contributed by atoms with van der Waals surface area (Å²) in [5, 5.41) is 3.48. The summed E-state index contributed by atoms with van der Waals surface area (Å²) < 4.78 is 5.61. The van der Waals surface area contributed by atoms with E-state index in [-0.39, 0.29) is 0 Å². The van der Waals surface area contributed by atoms with Crippen molar-refractivity contribution in [2.24, 2.45) is 0 Å². The third-order valence-electron chi connectivity index (χ3n) is 3.31. The number of morpholine rings is 1. The van der Waals surface area contributed by atoms with E-state index in [2.05, 4.69) is 34.0 Å². The van der Waals surface area contributed by atoms with Gasteiger partial charge < -0.3 is 15.0 Å². The molecule has 1 fully saturated rings. The zero-order valence-corrected chi connectivity index (χ0v) is 12.3. The smallest absolute Gasteiger partial charge is 0.150 e. The van der Waals surface area contributed by atoms with Crippen molar-refractivity contribution < 1.29 is 4.74 Å². The number of nitrogens with one attached hydrogen (secondary N) is 1. The summed E-state index contributed by atoms with van der Waals surface area (Å²) in [6, 6.07) is 0.805. The molecule has 1 aliphatic rings. The lowest BCUT2D eigenvalue weighted by atomic mass is 10.2. The van der Waals surface area contributed by atoms with E-state index >= 15 is 0 Å². The standard InChI is InChI=1S/C14H24N4O/c1-10(2)15-8-13-9-19-6-5-18(13)14-12(4)16-7-11(3)17-14/h7,10,13,15H,5-6,8-9H2,1-4H3. The number of rotatable bonds is 4. The molecule has 1 aromatic heterocycles. The molecule has 1 atom stereocenters. The third-order valence-corrected chi connectivity index (χ3v) is 3.31. The molecule has 0 aliphatic carbocycles. The van der Waals surface area contributed by atoms with Crippen LogP contribution in [0, 0.1) is 13.8 Å². The Kier molecular flexibility index (Phi) is 4.71. The molecule has 19 heavy (non-hydrogen) atoms. The van der Waals surface area contributed by atoms with Gasteiger partial charge in [-0.2, -0.15) is 0 Å². The molecule has 0 radical (unpaired) electrons. The summed E-state index contributed by atoms with van der Waals surface area (Å²) >= 11 is 0. The second kappa shape index (κ2) is 6.30. The van der Waals surface area contributed by atoms with Crippen LogP contribution in [0.1, 0.15) is 25.2 Å². The number of nitrogens with zero attached hydrogens (tertiary/aromatic N) is 3. The summed E-state index contributed by atoms with van der Waals surface area (Å²) in [6.45, 7) is 11.6. The lowest BCUT2D eigenvalue weighted by Gasteiger charge is -2.37. The molecule has 0 bridgehead atoms. The minimum absolute atomic E-state index is 0.325. The molecule has 0 aromatic carbocycles. The average Bonchev–Trinajstić information content (AvgIpc) is 2.39. The SMILES string of the molecule is Cc1cnc(C)c(N2CCOCC2CNC(C)C)n1. The van der Waals surface area contributed by atoms with Gasteiger partial charge in [-0.1, -0.05) is 13.8 Å². The zero-order chi connectivity index (χ0) is 13.8. The predicted molar refractivity (Wildman–Crippen MR) is 76.6 cm³/mol. The van der Waals surface area contributed by atoms with Gasteiger partial charge >= 0.3 is 0 Å². The number of aromatic nitrogens is 2. The van der Waals surface area contributed by atoms with Crippen molar-refractivity contribution in [2.45, 2.75) is 39.8 Å². The molecule has 1 saturated heterocycles. The molecule has 1 aromatic rings. The van der Waals surface area contributed by atoms with E-state index in [0.29, 0.717) is 12.1 Å². The molecule has 2 rings (SSSR count). The van der Waals surface area contributed by atoms with Crippen LogP contribution in [0.15, 0.2) is 6.20 Å². The molecule has 0 amide bonds. The molecule has 1 unspecified atom stereocenters. The van der Waals surface area contributed by atoms with E-state index in [0.717, 1.165) is 43.5 Å². The van der Waals surface area contributed by atoms with Gasteiger partial charge in [0, 0.05) is 25.3 Å². The molecular weight excluding hydrogens is 240 g/mol. The Balaban J connectivity index is 2.16. The molecule has 1 N–H and O–H groups in total. The van der Waals surface area contributed by atoms with Crippen molar-refractivity contribution in [1.29, 1.82) is 0 Å². The summed E-state index contributed by atoms with van der Waals surface area (Å²) in [5.41, 5.74) is 1.95. The van der Waals surface area contributed by atoms with Gasteiger partial charge in [0.1, 0.15) is 0 Å². The molecule has 0 spiro atoms. The first-order chi connectivity index (χ1) is 9.08. The van der Waals surface area contributed by atoms with E-state index in [1.54, 1.807) is 0 Å². The normalized spacial score (nSPS) is 20.1. The van der Waals surface area contributed by atoms with Crippen molar-refractivity contribution in [1.82, 2.24) is 15.3 Å². The third kappa shape index (κ3) is 3.64. The zero-order valence-electron chi connectivity index (χ0n) is 12.3. The number of anilines is 1. The highest BCUT2D eigenvalue weighted by Gasteiger charge is 2.25. The van der Waals surface area contributed by atoms with Gasteiger partial charge in [0.2, 0.25) is 0 Å². The van der Waals surface area contributed by atoms with Crippen LogP contribution in [-0.4, -0.2) is 48.4 Å². The van der Waals surface area contributed by atoms with E-state index in [9.17, 15) is 0 Å². The van der Waals surface area contributed by atoms with E-state index in [1.807, 2.05) is 20.0 Å². The van der Waals surface area contributed by atoms with Crippen LogP contribution < -0.4 is 10.2 Å². The summed E-state index contributed by atoms with van der Waals surface area (Å²) in [6.07, 6.45) is 1.82. The van der Waals surface area contributed by atoms with Crippen LogP contribution in [0.2, 0.25) is 0 Å². The Labute approximate surface area is 115 Å². The first kappa shape index (κ1) is 14.2. The largest absolute Gasteiger partial charge is 0.377 e. The van der Waals surface area contributed by atoms with Crippen LogP contribution >= 0.6 is 0 Å². The molecule has 5 nitrogen and oxygen atoms in total. The van der Waals surface area contributed by atoms with Gasteiger partial charge in [-0.3, -0.25) is 4.98 Å². The lowest BCUT2D eigenvalue weighted by Crippen LogP contribution is -2.52. The fraction of sp³-hybridized carbons (Fsp3) is 0.714. The van der Waals surface area contributed by atoms with E-state index in [4.69, 9.17) is 4.74 Å². The Morgan fingerprint density at radius 2 is 2.26 bits per heavy atom. The fourth-order valence-electron chi connectivity index (χ4n) is 2.27. The summed E-state index contributed by atoms with van der Waals surface area (Å²) in [4.78, 5) is 11.4. The van der Waals surface area contributed by atoms with E-state index in [1.165, 1.54) is 0 Å². The first-order valence-corrected chi connectivity index (χ1v) is 6.96. The highest BCUT2D eigenvalue weighted by atomic mass is 16.5. The van der Waals surface area contributed by atoms with Crippen LogP contribution in [0.25, 0.3) is 0 Å². The Bertz CT molecular complexity index is 422. The molecular formula is C14H24N4O. The minimum atomic E-state index is 0.325. The fourth-order valence-corrected chi connectivity index (χ4v) is 2.27. The highest BCUT2D eigenvalue weighted by Crippen LogP contribution is 2.20. The van der Waals surface area contributed by atoms with Gasteiger partial charge in [0.05, 0.1) is 30.6 Å². The molecule has 106 valence electrons. The first-order valence-electron chi connectivity index (χ1n) is 6.96. The lowest BCUT2D eigenvalue weighted by molar-refractivity contribution is 0.0926. The van der Waals surface area contributed by atoms with Crippen LogP contribution in [0.4, 0.5) is 5.82 Å². The predicted octanol–water partition coefficient (Wildman–Crippen LogP) is 1.30. The highest BCUT2D eigenvalue weighted by molar-refractivity contribution is 5.45. The van der Waals surface area contributed by atoms with Crippen molar-refractivity contribution in [3.05, 3.63) is 17.6 Å². The maximum Gasteiger partial charge on any atom is 0.150 e. The monoisotopic (exact) mass is 264 g/mol. The minimum Gasteiger partial charge on any atom is -0.377 e. The van der Waals surface area contributed by atoms with Crippen molar-refractivity contribution in [2.75, 3.05) is 31.2 Å². The maximum atomic E-state index is 5.61. The van der Waals surface area contributed by atoms with Crippen LogP contribution in [-0.2, 0) is 4.74 Å². The van der Waals surface area contributed by atoms with Gasteiger partial charge in [0.15, 0.2) is 5.82 Å². The summed E-state index contributed by atoms with van der Waals surface area (Å²) in [5.74, 6) is 0.999. The van der Waals surface area contributed by atoms with Gasteiger partial charge in [0.25, 0.3) is 0 Å². The maximum absolute atomic E-state index is 5.61. The molecule has 0 saturated carbocycles. The van der Waals surface area contributed by atoms with Crippen molar-refractivity contribution in [3.63, 3.8) is 0 Å². The van der Waals surface area contributed by atoms with Crippen molar-refractivity contribution in [3.8, 4) is 0 Å². The molecule has 2 heterocycles. The van der Waals surface area contributed by atoms with Crippen LogP contribution in [0.3, 0.4) is 0 Å². The molecule has 1 aliphatic heterocycles. The van der Waals surface area contributed by atoms with Gasteiger partial charge in [-0.15, -0.1) is 0 Å². The summed E-state index contributed by atoms with van der Waals surface area (Å²) in [7, 11) is 0. The van der Waals surface area contributed by atoms with Gasteiger partial charge in [-0.25, -0.2) is 4.98 Å². The number of hydrogen-bond donors (Lipinski definition) is 1. The number of ether oxygens (including phenoxy) is 1. The number of aryl methyl sites for hydroxylation is 2. The topological polar surface area (TPSA) is 50.3 Å². The molecule has 5 heteroatoms. The Morgan fingerprint density at radius 3 is 3.00 bits per heavy atom. The quantitative estimate of drug-likeness (QED) is 0.888.